The first kappa shape index (κ1) is 16.9. The topological polar surface area (TPSA) is 9.23 Å². The summed E-state index contributed by atoms with van der Waals surface area (Å²) < 4.78 is 5.86. The maximum atomic E-state index is 5.86. The molecule has 0 unspecified atom stereocenters. The average molecular weight is 347 g/mol. The number of benzene rings is 4. The summed E-state index contributed by atoms with van der Waals surface area (Å²) in [5.74, 6) is 1.66. The molecule has 1 nitrogen and oxygen atoms in total. The number of para-hydroxylation sites is 1. The molecule has 0 aromatic heterocycles. The molecule has 129 valence electrons. The highest BCUT2D eigenvalue weighted by Crippen LogP contribution is 2.26. The third-order valence-electron chi connectivity index (χ3n) is 4.24. The van der Waals surface area contributed by atoms with Crippen LogP contribution in [0.4, 0.5) is 0 Å². The third-order valence-corrected chi connectivity index (χ3v) is 4.24. The Bertz CT molecular complexity index is 1020. The van der Waals surface area contributed by atoms with Crippen LogP contribution in [0.5, 0.6) is 11.5 Å². The highest BCUT2D eigenvalue weighted by molar-refractivity contribution is 5.73. The van der Waals surface area contributed by atoms with Crippen molar-refractivity contribution in [2.45, 2.75) is 0 Å². The zero-order valence-electron chi connectivity index (χ0n) is 14.9. The van der Waals surface area contributed by atoms with Gasteiger partial charge in [0, 0.05) is 0 Å². The highest BCUT2D eigenvalue weighted by atomic mass is 16.5. The SMILES string of the molecule is [c]1ccc(C=Cc2ccccc2)cc1-c1ccc(Oc2ccccc2)cc1. The fourth-order valence-corrected chi connectivity index (χ4v) is 2.84. The summed E-state index contributed by atoms with van der Waals surface area (Å²) in [6, 6.07) is 37.7. The van der Waals surface area contributed by atoms with E-state index in [4.69, 9.17) is 4.74 Å². The van der Waals surface area contributed by atoms with E-state index in [1.54, 1.807) is 0 Å². The van der Waals surface area contributed by atoms with Crippen LogP contribution in [0.2, 0.25) is 0 Å². The van der Waals surface area contributed by atoms with Crippen LogP contribution >= 0.6 is 0 Å². The number of hydrogen-bond acceptors (Lipinski definition) is 1. The van der Waals surface area contributed by atoms with Crippen LogP contribution in [0.15, 0.2) is 103 Å². The molecule has 27 heavy (non-hydrogen) atoms. The second kappa shape index (κ2) is 8.20. The van der Waals surface area contributed by atoms with Crippen molar-refractivity contribution in [3.05, 3.63) is 120 Å². The van der Waals surface area contributed by atoms with E-state index in [1.807, 2.05) is 66.7 Å². The van der Waals surface area contributed by atoms with Gasteiger partial charge in [-0.05, 0) is 58.7 Å². The van der Waals surface area contributed by atoms with Crippen LogP contribution in [0.25, 0.3) is 23.3 Å². The lowest BCUT2D eigenvalue weighted by atomic mass is 10.0. The monoisotopic (exact) mass is 347 g/mol. The van der Waals surface area contributed by atoms with E-state index < -0.39 is 0 Å². The molecular weight excluding hydrogens is 328 g/mol. The van der Waals surface area contributed by atoms with Crippen LogP contribution in [0.3, 0.4) is 0 Å². The van der Waals surface area contributed by atoms with Crippen molar-refractivity contribution in [1.82, 2.24) is 0 Å². The van der Waals surface area contributed by atoms with Crippen molar-refractivity contribution in [1.29, 1.82) is 0 Å². The Balaban J connectivity index is 1.51. The molecule has 0 fully saturated rings. The summed E-state index contributed by atoms with van der Waals surface area (Å²) in [7, 11) is 0. The van der Waals surface area contributed by atoms with Gasteiger partial charge in [-0.25, -0.2) is 0 Å². The van der Waals surface area contributed by atoms with Gasteiger partial charge < -0.3 is 4.74 Å². The van der Waals surface area contributed by atoms with E-state index in [0.717, 1.165) is 28.2 Å². The van der Waals surface area contributed by atoms with Crippen molar-refractivity contribution >= 4 is 12.2 Å². The van der Waals surface area contributed by atoms with Gasteiger partial charge >= 0.3 is 0 Å². The predicted octanol–water partition coefficient (Wildman–Crippen LogP) is 7.12. The van der Waals surface area contributed by atoms with Gasteiger partial charge in [0.25, 0.3) is 0 Å². The summed E-state index contributed by atoms with van der Waals surface area (Å²) in [4.78, 5) is 0. The van der Waals surface area contributed by atoms with Crippen LogP contribution in [-0.2, 0) is 0 Å². The smallest absolute Gasteiger partial charge is 0.127 e. The summed E-state index contributed by atoms with van der Waals surface area (Å²) in [6.45, 7) is 0. The normalized spacial score (nSPS) is 10.8. The molecule has 4 aromatic carbocycles. The van der Waals surface area contributed by atoms with E-state index in [-0.39, 0.29) is 0 Å². The molecule has 1 radical (unpaired) electrons. The number of ether oxygens (including phenoxy) is 1. The predicted molar refractivity (Wildman–Crippen MR) is 113 cm³/mol. The average Bonchev–Trinajstić information content (AvgIpc) is 2.75. The van der Waals surface area contributed by atoms with Gasteiger partial charge in [0.15, 0.2) is 0 Å². The first-order valence-electron chi connectivity index (χ1n) is 8.95. The molecule has 0 aliphatic rings. The first-order valence-corrected chi connectivity index (χ1v) is 8.95. The van der Waals surface area contributed by atoms with Gasteiger partial charge in [-0.2, -0.15) is 0 Å². The fourth-order valence-electron chi connectivity index (χ4n) is 2.84. The van der Waals surface area contributed by atoms with Crippen LogP contribution in [-0.4, -0.2) is 0 Å². The molecule has 4 rings (SSSR count). The lowest BCUT2D eigenvalue weighted by molar-refractivity contribution is 0.483. The maximum Gasteiger partial charge on any atom is 0.127 e. The molecule has 0 saturated carbocycles. The molecule has 0 aliphatic carbocycles. The first-order chi connectivity index (χ1) is 13.4. The van der Waals surface area contributed by atoms with Gasteiger partial charge in [-0.3, -0.25) is 0 Å². The van der Waals surface area contributed by atoms with E-state index >= 15 is 0 Å². The highest BCUT2D eigenvalue weighted by Gasteiger charge is 2.01. The molecule has 0 heterocycles. The zero-order chi connectivity index (χ0) is 18.3. The standard InChI is InChI=1S/C26H19O/c1-3-8-21(9-4-1)14-15-22-10-7-11-24(20-22)23-16-18-26(19-17-23)27-25-12-5-2-6-13-25/h1-10,12-20H. The lowest BCUT2D eigenvalue weighted by Gasteiger charge is -2.07. The fraction of sp³-hybridized carbons (Fsp3) is 0. The van der Waals surface area contributed by atoms with Crippen LogP contribution < -0.4 is 4.74 Å². The quantitative estimate of drug-likeness (QED) is 0.349. The van der Waals surface area contributed by atoms with E-state index in [9.17, 15) is 0 Å². The summed E-state index contributed by atoms with van der Waals surface area (Å²) in [5.41, 5.74) is 4.52. The van der Waals surface area contributed by atoms with Gasteiger partial charge in [0.1, 0.15) is 11.5 Å². The largest absolute Gasteiger partial charge is 0.457 e. The Morgan fingerprint density at radius 2 is 1.22 bits per heavy atom. The minimum atomic E-state index is 0.824. The summed E-state index contributed by atoms with van der Waals surface area (Å²) in [5, 5.41) is 0. The summed E-state index contributed by atoms with van der Waals surface area (Å²) in [6.07, 6.45) is 4.25. The van der Waals surface area contributed by atoms with Gasteiger partial charge in [-0.15, -0.1) is 0 Å². The second-order valence-electron chi connectivity index (χ2n) is 6.22. The molecule has 0 saturated heterocycles. The molecule has 0 aliphatic heterocycles. The number of rotatable bonds is 5. The van der Waals surface area contributed by atoms with Crippen molar-refractivity contribution in [3.8, 4) is 22.6 Å². The maximum absolute atomic E-state index is 5.86. The summed E-state index contributed by atoms with van der Waals surface area (Å²) >= 11 is 0. The third kappa shape index (κ3) is 4.53. The van der Waals surface area contributed by atoms with Crippen LogP contribution in [0.1, 0.15) is 11.1 Å². The van der Waals surface area contributed by atoms with Crippen LogP contribution in [0, 0.1) is 6.07 Å². The minimum absolute atomic E-state index is 0.824. The second-order valence-corrected chi connectivity index (χ2v) is 6.22. The molecular formula is C26H19O. The Morgan fingerprint density at radius 3 is 1.96 bits per heavy atom. The molecule has 0 bridgehead atoms. The molecule has 0 spiro atoms. The molecule has 0 atom stereocenters. The Labute approximate surface area is 160 Å². The number of hydrogen-bond donors (Lipinski definition) is 0. The molecule has 1 heteroatoms. The van der Waals surface area contributed by atoms with Crippen molar-refractivity contribution < 1.29 is 4.74 Å². The van der Waals surface area contributed by atoms with Gasteiger partial charge in [-0.1, -0.05) is 84.9 Å². The lowest BCUT2D eigenvalue weighted by Crippen LogP contribution is -1.84. The Hall–Kier alpha value is -3.58. The zero-order valence-corrected chi connectivity index (χ0v) is 14.9. The van der Waals surface area contributed by atoms with E-state index in [2.05, 4.69) is 54.6 Å². The van der Waals surface area contributed by atoms with Crippen molar-refractivity contribution in [2.75, 3.05) is 0 Å². The van der Waals surface area contributed by atoms with E-state index in [0.29, 0.717) is 0 Å². The van der Waals surface area contributed by atoms with Gasteiger partial charge in [0.05, 0.1) is 0 Å². The van der Waals surface area contributed by atoms with Crippen molar-refractivity contribution in [2.24, 2.45) is 0 Å². The van der Waals surface area contributed by atoms with E-state index in [1.165, 1.54) is 5.56 Å². The molecule has 0 N–H and O–H groups in total. The minimum Gasteiger partial charge on any atom is -0.457 e. The van der Waals surface area contributed by atoms with Gasteiger partial charge in [0.2, 0.25) is 0 Å². The Kier molecular flexibility index (Phi) is 5.12. The molecule has 0 amide bonds. The van der Waals surface area contributed by atoms with Crippen molar-refractivity contribution in [3.63, 3.8) is 0 Å². The Morgan fingerprint density at radius 1 is 0.593 bits per heavy atom. The molecule has 4 aromatic rings.